The van der Waals surface area contributed by atoms with Crippen LogP contribution in [0.2, 0.25) is 0 Å². The van der Waals surface area contributed by atoms with Crippen LogP contribution in [0, 0.1) is 5.92 Å². The molecule has 0 amide bonds. The lowest BCUT2D eigenvalue weighted by Crippen LogP contribution is -2.55. The van der Waals surface area contributed by atoms with Gasteiger partial charge in [-0.05, 0) is 78.4 Å². The lowest BCUT2D eigenvalue weighted by Gasteiger charge is -2.49. The predicted molar refractivity (Wildman–Crippen MR) is 93.8 cm³/mol. The maximum Gasteiger partial charge on any atom is 0.0628 e. The number of piperidine rings is 2. The van der Waals surface area contributed by atoms with E-state index in [0.29, 0.717) is 23.9 Å². The molecule has 0 aromatic rings. The monoisotopic (exact) mass is 324 g/mol. The molecule has 4 nitrogen and oxygen atoms in total. The van der Waals surface area contributed by atoms with Gasteiger partial charge in [-0.1, -0.05) is 0 Å². The van der Waals surface area contributed by atoms with Gasteiger partial charge in [-0.25, -0.2) is 0 Å². The third-order valence-electron chi connectivity index (χ3n) is 6.74. The zero-order valence-electron chi connectivity index (χ0n) is 15.6. The first kappa shape index (κ1) is 17.7. The number of ether oxygens (including phenoxy) is 2. The number of methoxy groups -OCH3 is 1. The average Bonchev–Trinajstić information content (AvgIpc) is 2.51. The number of nitrogens with zero attached hydrogens (tertiary/aromatic N) is 2. The Hall–Kier alpha value is -0.160. The molecule has 0 unspecified atom stereocenters. The van der Waals surface area contributed by atoms with Gasteiger partial charge in [0.05, 0.1) is 18.3 Å². The molecule has 2 aliphatic heterocycles. The van der Waals surface area contributed by atoms with Crippen LogP contribution >= 0.6 is 0 Å². The maximum atomic E-state index is 6.27. The first-order valence-corrected chi connectivity index (χ1v) is 9.61. The van der Waals surface area contributed by atoms with Gasteiger partial charge in [-0.2, -0.15) is 0 Å². The summed E-state index contributed by atoms with van der Waals surface area (Å²) in [7, 11) is 4.06. The topological polar surface area (TPSA) is 24.9 Å². The standard InChI is InChI=1S/C19H36N2O2/c1-19(2,15-5-9-20(3)10-6-15)21-11-7-16(8-12-21)23-18-13-17(14-18)22-4/h15-18H,5-14H2,1-4H3. The van der Waals surface area contributed by atoms with E-state index in [-0.39, 0.29) is 0 Å². The van der Waals surface area contributed by atoms with E-state index in [0.717, 1.165) is 18.8 Å². The third-order valence-corrected chi connectivity index (χ3v) is 6.74. The summed E-state index contributed by atoms with van der Waals surface area (Å²) in [6, 6.07) is 0. The van der Waals surface area contributed by atoms with Crippen LogP contribution in [-0.4, -0.2) is 74.0 Å². The molecule has 4 heteroatoms. The normalized spacial score (nSPS) is 32.9. The SMILES string of the molecule is COC1CC(OC2CCN(C(C)(C)C3CCN(C)CC3)CC2)C1. The molecular formula is C19H36N2O2. The molecule has 3 aliphatic rings. The van der Waals surface area contributed by atoms with Crippen molar-refractivity contribution in [3.05, 3.63) is 0 Å². The number of hydrogen-bond acceptors (Lipinski definition) is 4. The van der Waals surface area contributed by atoms with Gasteiger partial charge in [0.1, 0.15) is 0 Å². The molecule has 23 heavy (non-hydrogen) atoms. The third kappa shape index (κ3) is 4.09. The number of likely N-dealkylation sites (tertiary alicyclic amines) is 2. The van der Waals surface area contributed by atoms with Gasteiger partial charge in [0, 0.05) is 25.7 Å². The fraction of sp³-hybridized carbons (Fsp3) is 1.00. The largest absolute Gasteiger partial charge is 0.381 e. The lowest BCUT2D eigenvalue weighted by atomic mass is 9.78. The van der Waals surface area contributed by atoms with E-state index < -0.39 is 0 Å². The van der Waals surface area contributed by atoms with Gasteiger partial charge >= 0.3 is 0 Å². The Morgan fingerprint density at radius 3 is 2.00 bits per heavy atom. The fourth-order valence-electron chi connectivity index (χ4n) is 4.63. The number of hydrogen-bond donors (Lipinski definition) is 0. The van der Waals surface area contributed by atoms with Gasteiger partial charge in [0.2, 0.25) is 0 Å². The molecule has 0 radical (unpaired) electrons. The molecule has 1 aliphatic carbocycles. The molecule has 0 spiro atoms. The van der Waals surface area contributed by atoms with Crippen molar-refractivity contribution in [2.75, 3.05) is 40.3 Å². The van der Waals surface area contributed by atoms with Crippen LogP contribution in [0.15, 0.2) is 0 Å². The second-order valence-corrected chi connectivity index (χ2v) is 8.50. The average molecular weight is 325 g/mol. The van der Waals surface area contributed by atoms with Crippen molar-refractivity contribution in [1.82, 2.24) is 9.80 Å². The quantitative estimate of drug-likeness (QED) is 0.776. The highest BCUT2D eigenvalue weighted by molar-refractivity contribution is 4.94. The van der Waals surface area contributed by atoms with E-state index in [2.05, 4.69) is 30.7 Å². The smallest absolute Gasteiger partial charge is 0.0628 e. The number of rotatable bonds is 5. The van der Waals surface area contributed by atoms with Crippen LogP contribution in [0.4, 0.5) is 0 Å². The molecular weight excluding hydrogens is 288 g/mol. The Morgan fingerprint density at radius 2 is 1.43 bits per heavy atom. The highest BCUT2D eigenvalue weighted by atomic mass is 16.5. The van der Waals surface area contributed by atoms with E-state index in [9.17, 15) is 0 Å². The Labute approximate surface area is 142 Å². The Balaban J connectivity index is 1.43. The first-order chi connectivity index (χ1) is 11.0. The Morgan fingerprint density at radius 1 is 0.826 bits per heavy atom. The van der Waals surface area contributed by atoms with E-state index in [1.54, 1.807) is 0 Å². The van der Waals surface area contributed by atoms with E-state index >= 15 is 0 Å². The highest BCUT2D eigenvalue weighted by Crippen LogP contribution is 2.35. The zero-order chi connectivity index (χ0) is 16.4. The summed E-state index contributed by atoms with van der Waals surface area (Å²) in [4.78, 5) is 5.21. The van der Waals surface area contributed by atoms with Gasteiger partial charge in [0.25, 0.3) is 0 Å². The second-order valence-electron chi connectivity index (χ2n) is 8.50. The van der Waals surface area contributed by atoms with Crippen LogP contribution in [-0.2, 0) is 9.47 Å². The summed E-state index contributed by atoms with van der Waals surface area (Å²) in [5.41, 5.74) is 0.337. The van der Waals surface area contributed by atoms with E-state index in [4.69, 9.17) is 9.47 Å². The Kier molecular flexibility index (Phi) is 5.67. The van der Waals surface area contributed by atoms with Gasteiger partial charge in [-0.3, -0.25) is 4.90 Å². The van der Waals surface area contributed by atoms with Gasteiger partial charge < -0.3 is 14.4 Å². The first-order valence-electron chi connectivity index (χ1n) is 9.61. The highest BCUT2D eigenvalue weighted by Gasteiger charge is 2.39. The summed E-state index contributed by atoms with van der Waals surface area (Å²) in [6.07, 6.45) is 8.66. The molecule has 0 N–H and O–H groups in total. The van der Waals surface area contributed by atoms with Crippen molar-refractivity contribution in [1.29, 1.82) is 0 Å². The van der Waals surface area contributed by atoms with Crippen LogP contribution < -0.4 is 0 Å². The van der Waals surface area contributed by atoms with E-state index in [1.165, 1.54) is 51.9 Å². The lowest BCUT2D eigenvalue weighted by molar-refractivity contribution is -0.132. The maximum absolute atomic E-state index is 6.27. The molecule has 134 valence electrons. The van der Waals surface area contributed by atoms with Crippen LogP contribution in [0.3, 0.4) is 0 Å². The van der Waals surface area contributed by atoms with Crippen LogP contribution in [0.5, 0.6) is 0 Å². The molecule has 2 heterocycles. The molecule has 2 saturated heterocycles. The Bertz CT molecular complexity index is 366. The molecule has 0 atom stereocenters. The summed E-state index contributed by atoms with van der Waals surface area (Å²) in [5.74, 6) is 0.838. The molecule has 0 aromatic heterocycles. The minimum atomic E-state index is 0.337. The van der Waals surface area contributed by atoms with Gasteiger partial charge in [-0.15, -0.1) is 0 Å². The van der Waals surface area contributed by atoms with Crippen molar-refractivity contribution in [2.45, 2.75) is 76.2 Å². The summed E-state index contributed by atoms with van der Waals surface area (Å²) < 4.78 is 11.6. The molecule has 0 bridgehead atoms. The van der Waals surface area contributed by atoms with Gasteiger partial charge in [0.15, 0.2) is 0 Å². The molecule has 0 aromatic carbocycles. The van der Waals surface area contributed by atoms with Crippen molar-refractivity contribution < 1.29 is 9.47 Å². The minimum absolute atomic E-state index is 0.337. The second kappa shape index (κ2) is 7.38. The fourth-order valence-corrected chi connectivity index (χ4v) is 4.63. The summed E-state index contributed by atoms with van der Waals surface area (Å²) in [6.45, 7) is 9.86. The van der Waals surface area contributed by atoms with Crippen molar-refractivity contribution in [3.8, 4) is 0 Å². The van der Waals surface area contributed by atoms with Crippen molar-refractivity contribution >= 4 is 0 Å². The van der Waals surface area contributed by atoms with Crippen molar-refractivity contribution in [2.24, 2.45) is 5.92 Å². The minimum Gasteiger partial charge on any atom is -0.381 e. The van der Waals surface area contributed by atoms with E-state index in [1.807, 2.05) is 7.11 Å². The van der Waals surface area contributed by atoms with Crippen molar-refractivity contribution in [3.63, 3.8) is 0 Å². The van der Waals surface area contributed by atoms with Crippen LogP contribution in [0.25, 0.3) is 0 Å². The summed E-state index contributed by atoms with van der Waals surface area (Å²) >= 11 is 0. The summed E-state index contributed by atoms with van der Waals surface area (Å²) in [5, 5.41) is 0. The molecule has 1 saturated carbocycles. The predicted octanol–water partition coefficient (Wildman–Crippen LogP) is 2.77. The molecule has 3 rings (SSSR count). The van der Waals surface area contributed by atoms with Crippen LogP contribution in [0.1, 0.15) is 52.4 Å². The molecule has 3 fully saturated rings. The zero-order valence-corrected chi connectivity index (χ0v) is 15.6.